The van der Waals surface area contributed by atoms with Crippen LogP contribution >= 0.6 is 27.5 Å². The molecule has 8 nitrogen and oxygen atoms in total. The standard InChI is InChI=1S/C9H5BrClN5O3/c10-4-2-1-3-5(16(17)18)6(4)19-9-14-7(11)13-8(12)15-9/h1-3H,(H2,12,13,14,15). The molecule has 0 aliphatic rings. The van der Waals surface area contributed by atoms with Crippen LogP contribution in [0.25, 0.3) is 0 Å². The number of halogens is 2. The fourth-order valence-corrected chi connectivity index (χ4v) is 1.82. The van der Waals surface area contributed by atoms with Gasteiger partial charge in [-0.1, -0.05) is 6.07 Å². The van der Waals surface area contributed by atoms with Gasteiger partial charge >= 0.3 is 11.7 Å². The van der Waals surface area contributed by atoms with E-state index in [1.165, 1.54) is 12.1 Å². The highest BCUT2D eigenvalue weighted by atomic mass is 79.9. The van der Waals surface area contributed by atoms with E-state index < -0.39 is 4.92 Å². The van der Waals surface area contributed by atoms with E-state index in [0.717, 1.165) is 0 Å². The van der Waals surface area contributed by atoms with E-state index >= 15 is 0 Å². The summed E-state index contributed by atoms with van der Waals surface area (Å²) in [5.41, 5.74) is 5.13. The molecule has 1 heterocycles. The molecule has 0 aliphatic heterocycles. The Hall–Kier alpha value is -2.00. The molecule has 0 aliphatic carbocycles. The quantitative estimate of drug-likeness (QED) is 0.670. The number of rotatable bonds is 3. The molecule has 0 saturated carbocycles. The Bertz CT molecular complexity index is 633. The van der Waals surface area contributed by atoms with Crippen LogP contribution in [-0.2, 0) is 0 Å². The Morgan fingerprint density at radius 3 is 2.74 bits per heavy atom. The van der Waals surface area contributed by atoms with Gasteiger partial charge in [-0.15, -0.1) is 0 Å². The molecule has 0 spiro atoms. The first-order valence-corrected chi connectivity index (χ1v) is 5.92. The van der Waals surface area contributed by atoms with Crippen molar-refractivity contribution in [3.05, 3.63) is 38.1 Å². The van der Waals surface area contributed by atoms with Crippen molar-refractivity contribution in [1.29, 1.82) is 0 Å². The summed E-state index contributed by atoms with van der Waals surface area (Å²) in [5.74, 6) is -0.195. The summed E-state index contributed by atoms with van der Waals surface area (Å²) in [6, 6.07) is 4.14. The summed E-state index contributed by atoms with van der Waals surface area (Å²) < 4.78 is 5.62. The largest absolute Gasteiger partial charge is 0.416 e. The minimum Gasteiger partial charge on any atom is -0.416 e. The number of hydrogen-bond acceptors (Lipinski definition) is 7. The van der Waals surface area contributed by atoms with Crippen LogP contribution in [0.15, 0.2) is 22.7 Å². The van der Waals surface area contributed by atoms with Crippen molar-refractivity contribution in [1.82, 2.24) is 15.0 Å². The van der Waals surface area contributed by atoms with Crippen molar-refractivity contribution in [3.8, 4) is 11.8 Å². The molecule has 0 atom stereocenters. The second-order valence-corrected chi connectivity index (χ2v) is 4.38. The first-order chi connectivity index (χ1) is 8.97. The number of anilines is 1. The van der Waals surface area contributed by atoms with Gasteiger partial charge in [0.15, 0.2) is 0 Å². The van der Waals surface area contributed by atoms with Gasteiger partial charge in [-0.3, -0.25) is 10.1 Å². The van der Waals surface area contributed by atoms with Crippen LogP contribution in [0.1, 0.15) is 0 Å². The highest BCUT2D eigenvalue weighted by Crippen LogP contribution is 2.37. The molecule has 0 saturated heterocycles. The molecule has 0 unspecified atom stereocenters. The number of ether oxygens (including phenoxy) is 1. The van der Waals surface area contributed by atoms with Crippen molar-refractivity contribution in [2.75, 3.05) is 5.73 Å². The van der Waals surface area contributed by atoms with Crippen LogP contribution in [0.3, 0.4) is 0 Å². The predicted molar refractivity (Wildman–Crippen MR) is 70.1 cm³/mol. The Morgan fingerprint density at radius 2 is 2.11 bits per heavy atom. The fraction of sp³-hybridized carbons (Fsp3) is 0. The number of para-hydroxylation sites is 1. The number of nitrogens with two attached hydrogens (primary N) is 1. The van der Waals surface area contributed by atoms with Crippen LogP contribution < -0.4 is 10.5 Å². The van der Waals surface area contributed by atoms with Crippen LogP contribution in [0.2, 0.25) is 5.28 Å². The molecule has 10 heteroatoms. The molecule has 0 radical (unpaired) electrons. The van der Waals surface area contributed by atoms with E-state index in [1.54, 1.807) is 6.07 Å². The number of hydrogen-bond donors (Lipinski definition) is 1. The minimum absolute atomic E-state index is 0.0471. The lowest BCUT2D eigenvalue weighted by Gasteiger charge is -2.06. The Morgan fingerprint density at radius 1 is 1.37 bits per heavy atom. The van der Waals surface area contributed by atoms with Gasteiger partial charge in [0, 0.05) is 6.07 Å². The van der Waals surface area contributed by atoms with Crippen molar-refractivity contribution in [2.24, 2.45) is 0 Å². The predicted octanol–water partition coefficient (Wildman–Crippen LogP) is 2.57. The van der Waals surface area contributed by atoms with E-state index in [1.807, 2.05) is 0 Å². The average Bonchev–Trinajstić information content (AvgIpc) is 2.30. The van der Waals surface area contributed by atoms with Gasteiger partial charge in [0.05, 0.1) is 9.40 Å². The topological polar surface area (TPSA) is 117 Å². The first kappa shape index (κ1) is 13.4. The molecule has 19 heavy (non-hydrogen) atoms. The summed E-state index contributed by atoms with van der Waals surface area (Å²) in [5, 5.41) is 10.7. The molecular formula is C9H5BrClN5O3. The summed E-state index contributed by atoms with van der Waals surface area (Å²) >= 11 is 8.74. The number of benzene rings is 1. The lowest BCUT2D eigenvalue weighted by molar-refractivity contribution is -0.385. The molecular weight excluding hydrogens is 341 g/mol. The zero-order valence-electron chi connectivity index (χ0n) is 9.08. The second kappa shape index (κ2) is 5.33. The van der Waals surface area contributed by atoms with E-state index in [0.29, 0.717) is 4.47 Å². The molecule has 1 aromatic carbocycles. The Balaban J connectivity index is 2.45. The van der Waals surface area contributed by atoms with Crippen LogP contribution in [0, 0.1) is 10.1 Å². The van der Waals surface area contributed by atoms with E-state index in [2.05, 4.69) is 30.9 Å². The van der Waals surface area contributed by atoms with Gasteiger partial charge in [0.25, 0.3) is 0 Å². The summed E-state index contributed by atoms with van der Waals surface area (Å²) in [6.45, 7) is 0. The Labute approximate surface area is 119 Å². The summed E-state index contributed by atoms with van der Waals surface area (Å²) in [4.78, 5) is 21.2. The molecule has 0 fully saturated rings. The number of nitro benzene ring substituents is 1. The van der Waals surface area contributed by atoms with Gasteiger partial charge in [-0.25, -0.2) is 0 Å². The molecule has 2 aromatic rings. The van der Waals surface area contributed by atoms with Crippen molar-refractivity contribution < 1.29 is 9.66 Å². The SMILES string of the molecule is Nc1nc(Cl)nc(Oc2c(Br)cccc2[N+](=O)[O-])n1. The van der Waals surface area contributed by atoms with Crippen LogP contribution in [0.4, 0.5) is 11.6 Å². The van der Waals surface area contributed by atoms with E-state index in [4.69, 9.17) is 22.1 Å². The van der Waals surface area contributed by atoms with Gasteiger partial charge in [-0.2, -0.15) is 15.0 Å². The number of aromatic nitrogens is 3. The monoisotopic (exact) mass is 345 g/mol. The highest BCUT2D eigenvalue weighted by Gasteiger charge is 2.20. The van der Waals surface area contributed by atoms with Gasteiger partial charge in [0.2, 0.25) is 17.0 Å². The third-order valence-corrected chi connectivity index (χ3v) is 2.73. The van der Waals surface area contributed by atoms with Crippen molar-refractivity contribution in [3.63, 3.8) is 0 Å². The lowest BCUT2D eigenvalue weighted by Crippen LogP contribution is -2.02. The molecule has 98 valence electrons. The smallest absolute Gasteiger partial charge is 0.328 e. The van der Waals surface area contributed by atoms with Crippen molar-refractivity contribution >= 4 is 39.2 Å². The summed E-state index contributed by atoms with van der Waals surface area (Å²) in [6.07, 6.45) is 0. The molecule has 2 N–H and O–H groups in total. The first-order valence-electron chi connectivity index (χ1n) is 4.75. The normalized spacial score (nSPS) is 10.2. The maximum Gasteiger partial charge on any atom is 0.328 e. The lowest BCUT2D eigenvalue weighted by atomic mass is 10.3. The second-order valence-electron chi connectivity index (χ2n) is 3.19. The highest BCUT2D eigenvalue weighted by molar-refractivity contribution is 9.10. The minimum atomic E-state index is -0.591. The van der Waals surface area contributed by atoms with Crippen LogP contribution in [-0.4, -0.2) is 19.9 Å². The van der Waals surface area contributed by atoms with E-state index in [-0.39, 0.29) is 28.7 Å². The molecule has 0 bridgehead atoms. The molecule has 2 rings (SSSR count). The molecule has 0 amide bonds. The van der Waals surface area contributed by atoms with Gasteiger partial charge < -0.3 is 10.5 Å². The zero-order valence-corrected chi connectivity index (χ0v) is 11.4. The maximum absolute atomic E-state index is 10.9. The zero-order chi connectivity index (χ0) is 14.0. The third kappa shape index (κ3) is 3.06. The average molecular weight is 347 g/mol. The molecule has 1 aromatic heterocycles. The van der Waals surface area contributed by atoms with Crippen LogP contribution in [0.5, 0.6) is 11.8 Å². The number of nitrogen functional groups attached to an aromatic ring is 1. The van der Waals surface area contributed by atoms with E-state index in [9.17, 15) is 10.1 Å². The van der Waals surface area contributed by atoms with Gasteiger partial charge in [-0.05, 0) is 33.6 Å². The van der Waals surface area contributed by atoms with Gasteiger partial charge in [0.1, 0.15) is 0 Å². The number of nitro groups is 1. The number of nitrogens with zero attached hydrogens (tertiary/aromatic N) is 4. The van der Waals surface area contributed by atoms with Crippen molar-refractivity contribution in [2.45, 2.75) is 0 Å². The Kier molecular flexibility index (Phi) is 3.76. The summed E-state index contributed by atoms with van der Waals surface area (Å²) in [7, 11) is 0. The maximum atomic E-state index is 10.9. The third-order valence-electron chi connectivity index (χ3n) is 1.94. The fourth-order valence-electron chi connectivity index (χ4n) is 1.23.